The predicted molar refractivity (Wildman–Crippen MR) is 117 cm³/mol. The summed E-state index contributed by atoms with van der Waals surface area (Å²) in [6.07, 6.45) is 3.15. The molecule has 7 heteroatoms. The number of hydrogen-bond donors (Lipinski definition) is 1. The van der Waals surface area contributed by atoms with E-state index in [1.54, 1.807) is 24.3 Å². The number of amides is 1. The smallest absolute Gasteiger partial charge is 0.243 e. The Morgan fingerprint density at radius 1 is 1.13 bits per heavy atom. The Labute approximate surface area is 179 Å². The standard InChI is InChI=1S/C23H30N2O4S/c1-18-7-9-19(10-8-18)5-3-15-24-23(26)20-6-4-16-25(17-20)30(27,28)22-13-11-21(29-2)12-14-22/h7-14,20H,3-6,15-17H2,1-2H3,(H,24,26)/t20-/m0/s1. The van der Waals surface area contributed by atoms with Gasteiger partial charge in [0.15, 0.2) is 0 Å². The molecule has 1 atom stereocenters. The van der Waals surface area contributed by atoms with Crippen LogP contribution < -0.4 is 10.1 Å². The van der Waals surface area contributed by atoms with Gasteiger partial charge in [0.2, 0.25) is 15.9 Å². The predicted octanol–water partition coefficient (Wildman–Crippen LogP) is 3.15. The van der Waals surface area contributed by atoms with Crippen molar-refractivity contribution < 1.29 is 17.9 Å². The van der Waals surface area contributed by atoms with Crippen LogP contribution in [0, 0.1) is 12.8 Å². The molecule has 1 aliphatic rings. The average molecular weight is 431 g/mol. The number of ether oxygens (including phenoxy) is 1. The fourth-order valence-corrected chi connectivity index (χ4v) is 5.20. The van der Waals surface area contributed by atoms with Crippen LogP contribution in [0.15, 0.2) is 53.4 Å². The number of nitrogens with zero attached hydrogens (tertiary/aromatic N) is 1. The van der Waals surface area contributed by atoms with Gasteiger partial charge in [0, 0.05) is 19.6 Å². The van der Waals surface area contributed by atoms with E-state index in [1.165, 1.54) is 22.5 Å². The SMILES string of the molecule is COc1ccc(S(=O)(=O)N2CCC[C@H](C(=O)NCCCc3ccc(C)cc3)C2)cc1. The van der Waals surface area contributed by atoms with Crippen LogP contribution in [0.5, 0.6) is 5.75 Å². The van der Waals surface area contributed by atoms with E-state index < -0.39 is 10.0 Å². The minimum atomic E-state index is -3.62. The maximum atomic E-state index is 12.9. The molecule has 1 amide bonds. The lowest BCUT2D eigenvalue weighted by atomic mass is 9.99. The van der Waals surface area contributed by atoms with E-state index in [0.717, 1.165) is 12.8 Å². The van der Waals surface area contributed by atoms with Gasteiger partial charge in [0.05, 0.1) is 17.9 Å². The molecular formula is C23H30N2O4S. The Hall–Kier alpha value is -2.38. The van der Waals surface area contributed by atoms with Crippen molar-refractivity contribution >= 4 is 15.9 Å². The molecule has 1 heterocycles. The van der Waals surface area contributed by atoms with Gasteiger partial charge >= 0.3 is 0 Å². The van der Waals surface area contributed by atoms with Crippen molar-refractivity contribution in [2.75, 3.05) is 26.7 Å². The summed E-state index contributed by atoms with van der Waals surface area (Å²) in [4.78, 5) is 12.8. The molecule has 2 aromatic rings. The van der Waals surface area contributed by atoms with Gasteiger partial charge in [0.1, 0.15) is 5.75 Å². The van der Waals surface area contributed by atoms with Crippen molar-refractivity contribution in [2.24, 2.45) is 5.92 Å². The van der Waals surface area contributed by atoms with Gasteiger partial charge in [-0.2, -0.15) is 4.31 Å². The van der Waals surface area contributed by atoms with Crippen LogP contribution in [0.4, 0.5) is 0 Å². The number of methoxy groups -OCH3 is 1. The van der Waals surface area contributed by atoms with Crippen molar-refractivity contribution in [2.45, 2.75) is 37.5 Å². The molecule has 6 nitrogen and oxygen atoms in total. The van der Waals surface area contributed by atoms with Gasteiger partial charge in [-0.05, 0) is 62.4 Å². The molecule has 0 bridgehead atoms. The van der Waals surface area contributed by atoms with Gasteiger partial charge in [0.25, 0.3) is 0 Å². The lowest BCUT2D eigenvalue weighted by Crippen LogP contribution is -2.45. The van der Waals surface area contributed by atoms with E-state index in [2.05, 4.69) is 36.5 Å². The summed E-state index contributed by atoms with van der Waals surface area (Å²) in [5.74, 6) is 0.232. The maximum absolute atomic E-state index is 12.9. The quantitative estimate of drug-likeness (QED) is 0.653. The molecule has 0 aromatic heterocycles. The van der Waals surface area contributed by atoms with E-state index in [9.17, 15) is 13.2 Å². The number of carbonyl (C=O) groups is 1. The molecule has 162 valence electrons. The maximum Gasteiger partial charge on any atom is 0.243 e. The number of aryl methyl sites for hydroxylation is 2. The minimum absolute atomic E-state index is 0.0615. The number of nitrogens with one attached hydrogen (secondary N) is 1. The van der Waals surface area contributed by atoms with Gasteiger partial charge < -0.3 is 10.1 Å². The lowest BCUT2D eigenvalue weighted by Gasteiger charge is -2.31. The first-order valence-electron chi connectivity index (χ1n) is 10.4. The summed E-state index contributed by atoms with van der Waals surface area (Å²) in [5.41, 5.74) is 2.49. The zero-order chi connectivity index (χ0) is 21.6. The topological polar surface area (TPSA) is 75.7 Å². The average Bonchev–Trinajstić information content (AvgIpc) is 2.78. The zero-order valence-corrected chi connectivity index (χ0v) is 18.5. The molecule has 0 spiro atoms. The van der Waals surface area contributed by atoms with Crippen LogP contribution in [0.2, 0.25) is 0 Å². The molecule has 0 unspecified atom stereocenters. The fourth-order valence-electron chi connectivity index (χ4n) is 3.67. The normalized spacial score (nSPS) is 17.5. The van der Waals surface area contributed by atoms with Crippen LogP contribution in [0.1, 0.15) is 30.4 Å². The number of carbonyl (C=O) groups excluding carboxylic acids is 1. The van der Waals surface area contributed by atoms with Crippen LogP contribution in [-0.4, -0.2) is 45.4 Å². The first-order chi connectivity index (χ1) is 14.4. The minimum Gasteiger partial charge on any atom is -0.497 e. The fraction of sp³-hybridized carbons (Fsp3) is 0.435. The number of rotatable bonds is 8. The molecule has 1 fully saturated rings. The lowest BCUT2D eigenvalue weighted by molar-refractivity contribution is -0.126. The van der Waals surface area contributed by atoms with Gasteiger partial charge in [-0.1, -0.05) is 29.8 Å². The highest BCUT2D eigenvalue weighted by Crippen LogP contribution is 2.25. The second kappa shape index (κ2) is 10.1. The van der Waals surface area contributed by atoms with Crippen LogP contribution in [-0.2, 0) is 21.2 Å². The molecular weight excluding hydrogens is 400 g/mol. The Kier molecular flexibility index (Phi) is 7.50. The van der Waals surface area contributed by atoms with Crippen molar-refractivity contribution in [1.82, 2.24) is 9.62 Å². The third-order valence-corrected chi connectivity index (χ3v) is 7.39. The molecule has 0 saturated carbocycles. The third kappa shape index (κ3) is 5.61. The van der Waals surface area contributed by atoms with Crippen LogP contribution >= 0.6 is 0 Å². The third-order valence-electron chi connectivity index (χ3n) is 5.51. The first-order valence-corrected chi connectivity index (χ1v) is 11.8. The van der Waals surface area contributed by atoms with Gasteiger partial charge in [-0.25, -0.2) is 8.42 Å². The zero-order valence-electron chi connectivity index (χ0n) is 17.6. The monoisotopic (exact) mass is 430 g/mol. The van der Waals surface area contributed by atoms with Crippen LogP contribution in [0.3, 0.4) is 0 Å². The molecule has 1 N–H and O–H groups in total. The summed E-state index contributed by atoms with van der Waals surface area (Å²) in [6, 6.07) is 14.8. The number of piperidine rings is 1. The summed E-state index contributed by atoms with van der Waals surface area (Å²) < 4.78 is 32.4. The second-order valence-corrected chi connectivity index (χ2v) is 9.70. The molecule has 30 heavy (non-hydrogen) atoms. The van der Waals surface area contributed by atoms with Gasteiger partial charge in [-0.3, -0.25) is 4.79 Å². The van der Waals surface area contributed by atoms with E-state index in [0.29, 0.717) is 31.7 Å². The molecule has 1 saturated heterocycles. The van der Waals surface area contributed by atoms with E-state index >= 15 is 0 Å². The Morgan fingerprint density at radius 3 is 2.50 bits per heavy atom. The van der Waals surface area contributed by atoms with Crippen molar-refractivity contribution in [3.63, 3.8) is 0 Å². The first kappa shape index (κ1) is 22.3. The molecule has 0 aliphatic carbocycles. The summed E-state index contributed by atoms with van der Waals surface area (Å²) in [7, 11) is -2.08. The van der Waals surface area contributed by atoms with Crippen molar-refractivity contribution in [3.8, 4) is 5.75 Å². The summed E-state index contributed by atoms with van der Waals surface area (Å²) in [5, 5.41) is 2.98. The Balaban J connectivity index is 1.51. The largest absolute Gasteiger partial charge is 0.497 e. The Morgan fingerprint density at radius 2 is 1.83 bits per heavy atom. The Bertz CT molecular complexity index is 940. The van der Waals surface area contributed by atoms with Gasteiger partial charge in [-0.15, -0.1) is 0 Å². The second-order valence-electron chi connectivity index (χ2n) is 7.76. The highest BCUT2D eigenvalue weighted by atomic mass is 32.2. The molecule has 0 radical (unpaired) electrons. The van der Waals surface area contributed by atoms with Crippen LogP contribution in [0.25, 0.3) is 0 Å². The molecule has 3 rings (SSSR count). The van der Waals surface area contributed by atoms with E-state index in [-0.39, 0.29) is 23.3 Å². The number of benzene rings is 2. The number of hydrogen-bond acceptors (Lipinski definition) is 4. The molecule has 1 aliphatic heterocycles. The summed E-state index contributed by atoms with van der Waals surface area (Å²) >= 11 is 0. The van der Waals surface area contributed by atoms with E-state index in [1.807, 2.05) is 0 Å². The highest BCUT2D eigenvalue weighted by molar-refractivity contribution is 7.89. The molecule has 2 aromatic carbocycles. The highest BCUT2D eigenvalue weighted by Gasteiger charge is 2.33. The van der Waals surface area contributed by atoms with Crippen molar-refractivity contribution in [1.29, 1.82) is 0 Å². The number of sulfonamides is 1. The van der Waals surface area contributed by atoms with E-state index in [4.69, 9.17) is 4.74 Å². The summed E-state index contributed by atoms with van der Waals surface area (Å²) in [6.45, 7) is 3.31. The van der Waals surface area contributed by atoms with Crippen molar-refractivity contribution in [3.05, 3.63) is 59.7 Å².